The van der Waals surface area contributed by atoms with Crippen LogP contribution in [0, 0.1) is 0 Å². The predicted molar refractivity (Wildman–Crippen MR) is 72.3 cm³/mol. The van der Waals surface area contributed by atoms with Crippen LogP contribution in [0.4, 0.5) is 11.9 Å². The molecule has 0 saturated carbocycles. The van der Waals surface area contributed by atoms with Gasteiger partial charge in [-0.1, -0.05) is 13.8 Å². The first-order valence-electron chi connectivity index (χ1n) is 6.42. The Morgan fingerprint density at radius 2 is 1.63 bits per heavy atom. The van der Waals surface area contributed by atoms with Crippen LogP contribution in [0.1, 0.15) is 26.7 Å². The summed E-state index contributed by atoms with van der Waals surface area (Å²) in [6.45, 7) is 5.80. The fourth-order valence-corrected chi connectivity index (χ4v) is 1.41. The van der Waals surface area contributed by atoms with Gasteiger partial charge in [0.25, 0.3) is 5.95 Å². The average molecular weight is 262 g/mol. The number of rotatable bonds is 7. The van der Waals surface area contributed by atoms with Crippen LogP contribution in [-0.2, 0) is 0 Å². The molecule has 0 saturated heterocycles. The van der Waals surface area contributed by atoms with Gasteiger partial charge in [-0.05, 0) is 12.8 Å². The Morgan fingerprint density at radius 1 is 1.00 bits per heavy atom. The lowest BCUT2D eigenvalue weighted by Gasteiger charge is -2.08. The van der Waals surface area contributed by atoms with Crippen LogP contribution in [0.25, 0.3) is 5.95 Å². The lowest BCUT2D eigenvalue weighted by molar-refractivity contribution is 0.790. The smallest absolute Gasteiger partial charge is 0.258 e. The van der Waals surface area contributed by atoms with Crippen LogP contribution in [0.15, 0.2) is 12.7 Å². The second-order valence-electron chi connectivity index (χ2n) is 3.98. The second-order valence-corrected chi connectivity index (χ2v) is 3.98. The van der Waals surface area contributed by atoms with Crippen LogP contribution < -0.4 is 10.6 Å². The molecule has 2 aromatic rings. The molecule has 0 aliphatic carbocycles. The monoisotopic (exact) mass is 262 g/mol. The molecule has 0 spiro atoms. The van der Waals surface area contributed by atoms with Crippen LogP contribution >= 0.6 is 0 Å². The zero-order valence-electron chi connectivity index (χ0n) is 11.2. The van der Waals surface area contributed by atoms with Gasteiger partial charge >= 0.3 is 0 Å². The van der Waals surface area contributed by atoms with Gasteiger partial charge < -0.3 is 10.6 Å². The van der Waals surface area contributed by atoms with Crippen molar-refractivity contribution in [2.75, 3.05) is 23.7 Å². The minimum Gasteiger partial charge on any atom is -0.354 e. The van der Waals surface area contributed by atoms with Crippen molar-refractivity contribution in [3.05, 3.63) is 12.7 Å². The molecule has 0 fully saturated rings. The van der Waals surface area contributed by atoms with Crippen molar-refractivity contribution >= 4 is 11.9 Å². The highest BCUT2D eigenvalue weighted by atomic mass is 15.4. The summed E-state index contributed by atoms with van der Waals surface area (Å²) in [5.74, 6) is 1.53. The van der Waals surface area contributed by atoms with E-state index in [1.165, 1.54) is 11.0 Å². The lowest BCUT2D eigenvalue weighted by atomic mass is 10.5. The number of nitrogens with zero attached hydrogens (tertiary/aromatic N) is 6. The second kappa shape index (κ2) is 6.62. The van der Waals surface area contributed by atoms with E-state index in [1.807, 2.05) is 0 Å². The molecule has 0 amide bonds. The molecule has 0 aliphatic rings. The van der Waals surface area contributed by atoms with Gasteiger partial charge in [-0.25, -0.2) is 4.98 Å². The highest BCUT2D eigenvalue weighted by molar-refractivity contribution is 5.37. The fourth-order valence-electron chi connectivity index (χ4n) is 1.41. The maximum Gasteiger partial charge on any atom is 0.258 e. The molecular weight excluding hydrogens is 244 g/mol. The summed E-state index contributed by atoms with van der Waals surface area (Å²) in [6, 6.07) is 0. The van der Waals surface area contributed by atoms with E-state index in [2.05, 4.69) is 49.5 Å². The molecule has 19 heavy (non-hydrogen) atoms. The number of nitrogens with one attached hydrogen (secondary N) is 2. The first-order chi connectivity index (χ1) is 9.33. The number of hydrogen-bond acceptors (Lipinski definition) is 7. The van der Waals surface area contributed by atoms with E-state index in [9.17, 15) is 0 Å². The summed E-state index contributed by atoms with van der Waals surface area (Å²) in [5, 5.41) is 10.3. The molecule has 2 heterocycles. The molecule has 2 aromatic heterocycles. The highest BCUT2D eigenvalue weighted by Gasteiger charge is 2.08. The minimum atomic E-state index is 0.449. The van der Waals surface area contributed by atoms with Gasteiger partial charge in [-0.15, -0.1) is 0 Å². The molecular formula is C11H18N8. The summed E-state index contributed by atoms with van der Waals surface area (Å²) in [7, 11) is 0. The van der Waals surface area contributed by atoms with Gasteiger partial charge in [0, 0.05) is 13.1 Å². The van der Waals surface area contributed by atoms with Crippen molar-refractivity contribution in [1.29, 1.82) is 0 Å². The highest BCUT2D eigenvalue weighted by Crippen LogP contribution is 2.08. The Labute approximate surface area is 111 Å². The van der Waals surface area contributed by atoms with Gasteiger partial charge in [0.15, 0.2) is 0 Å². The van der Waals surface area contributed by atoms with Gasteiger partial charge in [0.1, 0.15) is 12.7 Å². The topological polar surface area (TPSA) is 93.4 Å². The van der Waals surface area contributed by atoms with E-state index in [0.29, 0.717) is 17.8 Å². The summed E-state index contributed by atoms with van der Waals surface area (Å²) in [4.78, 5) is 16.8. The van der Waals surface area contributed by atoms with E-state index >= 15 is 0 Å². The molecule has 2 N–H and O–H groups in total. The summed E-state index contributed by atoms with van der Waals surface area (Å²) in [5.41, 5.74) is 0. The molecule has 0 atom stereocenters. The number of anilines is 2. The predicted octanol–water partition coefficient (Wildman–Crippen LogP) is 1.10. The SMILES string of the molecule is CCCNc1nc(NCCC)nc(-n2cncn2)n1. The molecule has 2 rings (SSSR count). The van der Waals surface area contributed by atoms with Crippen molar-refractivity contribution in [1.82, 2.24) is 29.7 Å². The van der Waals surface area contributed by atoms with Crippen molar-refractivity contribution in [3.63, 3.8) is 0 Å². The van der Waals surface area contributed by atoms with Gasteiger partial charge in [-0.2, -0.15) is 24.7 Å². The summed E-state index contributed by atoms with van der Waals surface area (Å²) < 4.78 is 1.51. The van der Waals surface area contributed by atoms with E-state index in [4.69, 9.17) is 0 Å². The fraction of sp³-hybridized carbons (Fsp3) is 0.545. The van der Waals surface area contributed by atoms with Crippen LogP contribution in [0.3, 0.4) is 0 Å². The Kier molecular flexibility index (Phi) is 4.60. The van der Waals surface area contributed by atoms with Gasteiger partial charge in [0.2, 0.25) is 11.9 Å². The molecule has 0 bridgehead atoms. The van der Waals surface area contributed by atoms with Gasteiger partial charge in [-0.3, -0.25) is 0 Å². The van der Waals surface area contributed by atoms with Gasteiger partial charge in [0.05, 0.1) is 0 Å². The van der Waals surface area contributed by atoms with Crippen LogP contribution in [0.5, 0.6) is 0 Å². The quantitative estimate of drug-likeness (QED) is 0.771. The van der Waals surface area contributed by atoms with Crippen LogP contribution in [-0.4, -0.2) is 42.8 Å². The van der Waals surface area contributed by atoms with E-state index < -0.39 is 0 Å². The average Bonchev–Trinajstić information content (AvgIpc) is 2.97. The Balaban J connectivity index is 2.25. The minimum absolute atomic E-state index is 0.449. The summed E-state index contributed by atoms with van der Waals surface area (Å²) >= 11 is 0. The van der Waals surface area contributed by atoms with E-state index in [1.54, 1.807) is 6.33 Å². The molecule has 102 valence electrons. The molecule has 0 aliphatic heterocycles. The Bertz CT molecular complexity index is 469. The van der Waals surface area contributed by atoms with Crippen LogP contribution in [0.2, 0.25) is 0 Å². The lowest BCUT2D eigenvalue weighted by Crippen LogP contribution is -2.13. The molecule has 0 radical (unpaired) electrons. The summed E-state index contributed by atoms with van der Waals surface area (Å²) in [6.07, 6.45) is 5.01. The van der Waals surface area contributed by atoms with Crippen molar-refractivity contribution in [2.45, 2.75) is 26.7 Å². The molecule has 8 nitrogen and oxygen atoms in total. The standard InChI is InChI=1S/C11H18N8/c1-3-5-13-9-16-10(14-6-4-2)18-11(17-9)19-8-12-7-15-19/h7-8H,3-6H2,1-2H3,(H2,13,14,16,17,18). The first kappa shape index (κ1) is 13.2. The molecule has 8 heteroatoms. The van der Waals surface area contributed by atoms with Crippen molar-refractivity contribution < 1.29 is 0 Å². The Morgan fingerprint density at radius 3 is 2.11 bits per heavy atom. The third-order valence-corrected chi connectivity index (χ3v) is 2.31. The molecule has 0 unspecified atom stereocenters. The van der Waals surface area contributed by atoms with Crippen molar-refractivity contribution in [2.24, 2.45) is 0 Å². The Hall–Kier alpha value is -2.25. The maximum atomic E-state index is 4.31. The third-order valence-electron chi connectivity index (χ3n) is 2.31. The number of aromatic nitrogens is 6. The van der Waals surface area contributed by atoms with E-state index in [-0.39, 0.29) is 0 Å². The first-order valence-corrected chi connectivity index (χ1v) is 6.42. The largest absolute Gasteiger partial charge is 0.354 e. The molecule has 0 aromatic carbocycles. The third kappa shape index (κ3) is 3.60. The zero-order valence-corrected chi connectivity index (χ0v) is 11.2. The van der Waals surface area contributed by atoms with E-state index in [0.717, 1.165) is 25.9 Å². The zero-order chi connectivity index (χ0) is 13.5. The van der Waals surface area contributed by atoms with Crippen molar-refractivity contribution in [3.8, 4) is 5.95 Å². The number of hydrogen-bond donors (Lipinski definition) is 2. The maximum absolute atomic E-state index is 4.31. The normalized spacial score (nSPS) is 10.4.